The Morgan fingerprint density at radius 3 is 2.63 bits per heavy atom. The molecule has 0 aromatic heterocycles. The van der Waals surface area contributed by atoms with E-state index in [0.717, 1.165) is 28.6 Å². The zero-order valence-corrected chi connectivity index (χ0v) is 12.0. The molecular weight excluding hydrogens is 312 g/mol. The second-order valence-corrected chi connectivity index (χ2v) is 5.89. The Hall–Kier alpha value is -1.23. The number of fused-ring (bicyclic) bond motifs is 1. The summed E-state index contributed by atoms with van der Waals surface area (Å²) >= 11 is 3.45. The highest BCUT2D eigenvalue weighted by Gasteiger charge is 2.36. The van der Waals surface area contributed by atoms with Gasteiger partial charge >= 0.3 is 5.97 Å². The van der Waals surface area contributed by atoms with E-state index in [9.17, 15) is 4.79 Å². The highest BCUT2D eigenvalue weighted by molar-refractivity contribution is 9.10. The van der Waals surface area contributed by atoms with E-state index < -0.39 is 5.97 Å². The van der Waals surface area contributed by atoms with Gasteiger partial charge in [0.25, 0.3) is 0 Å². The van der Waals surface area contributed by atoms with Crippen LogP contribution in [0, 0.1) is 5.92 Å². The Labute approximate surface area is 119 Å². The lowest BCUT2D eigenvalue weighted by molar-refractivity contribution is -0.137. The summed E-state index contributed by atoms with van der Waals surface area (Å²) in [4.78, 5) is 11.1. The molecule has 1 fully saturated rings. The first kappa shape index (κ1) is 12.8. The van der Waals surface area contributed by atoms with Crippen molar-refractivity contribution in [2.45, 2.75) is 25.2 Å². The minimum atomic E-state index is -0.759. The molecule has 1 heterocycles. The van der Waals surface area contributed by atoms with Crippen LogP contribution in [0.5, 0.6) is 11.5 Å². The lowest BCUT2D eigenvalue weighted by atomic mass is 9.90. The summed E-state index contributed by atoms with van der Waals surface area (Å²) in [5, 5.41) is 9.10. The van der Waals surface area contributed by atoms with E-state index in [4.69, 9.17) is 14.6 Å². The Morgan fingerprint density at radius 1 is 1.32 bits per heavy atom. The second kappa shape index (κ2) is 5.04. The Kier molecular flexibility index (Phi) is 3.39. The van der Waals surface area contributed by atoms with Crippen molar-refractivity contribution in [1.29, 1.82) is 0 Å². The fourth-order valence-corrected chi connectivity index (χ4v) is 3.06. The van der Waals surface area contributed by atoms with Gasteiger partial charge in [0.05, 0.1) is 10.9 Å². The highest BCUT2D eigenvalue weighted by atomic mass is 79.9. The lowest BCUT2D eigenvalue weighted by Gasteiger charge is -2.25. The molecule has 1 aliphatic carbocycles. The van der Waals surface area contributed by atoms with Crippen LogP contribution >= 0.6 is 15.9 Å². The van der Waals surface area contributed by atoms with Gasteiger partial charge < -0.3 is 14.6 Å². The molecule has 0 saturated heterocycles. The number of hydrogen-bond acceptors (Lipinski definition) is 3. The average Bonchev–Trinajstić information content (AvgIpc) is 3.21. The van der Waals surface area contributed by atoms with Crippen molar-refractivity contribution in [2.75, 3.05) is 13.2 Å². The summed E-state index contributed by atoms with van der Waals surface area (Å²) in [6.07, 6.45) is 2.36. The maximum atomic E-state index is 11.1. The van der Waals surface area contributed by atoms with Crippen LogP contribution in [-0.2, 0) is 4.79 Å². The average molecular weight is 327 g/mol. The van der Waals surface area contributed by atoms with Crippen LogP contribution in [0.1, 0.15) is 30.7 Å². The van der Waals surface area contributed by atoms with Gasteiger partial charge in [0.2, 0.25) is 0 Å². The number of carboxylic acids is 1. The largest absolute Gasteiger partial charge is 0.486 e. The molecule has 1 N–H and O–H groups in total. The molecule has 3 rings (SSSR count). The monoisotopic (exact) mass is 326 g/mol. The predicted octanol–water partition coefficient (Wildman–Crippen LogP) is 3.19. The van der Waals surface area contributed by atoms with Crippen LogP contribution < -0.4 is 9.47 Å². The fourth-order valence-electron chi connectivity index (χ4n) is 2.63. The van der Waals surface area contributed by atoms with Crippen LogP contribution in [0.15, 0.2) is 16.6 Å². The van der Waals surface area contributed by atoms with Gasteiger partial charge in [0.1, 0.15) is 13.2 Å². The number of rotatable bonds is 4. The first-order chi connectivity index (χ1) is 9.16. The molecule has 0 spiro atoms. The number of hydrogen-bond donors (Lipinski definition) is 1. The quantitative estimate of drug-likeness (QED) is 0.923. The van der Waals surface area contributed by atoms with Crippen molar-refractivity contribution in [3.05, 3.63) is 22.2 Å². The van der Waals surface area contributed by atoms with Crippen molar-refractivity contribution < 1.29 is 19.4 Å². The van der Waals surface area contributed by atoms with E-state index in [1.807, 2.05) is 12.1 Å². The summed E-state index contributed by atoms with van der Waals surface area (Å²) in [5.74, 6) is 1.16. The van der Waals surface area contributed by atoms with Gasteiger partial charge in [-0.05, 0) is 40.8 Å². The van der Waals surface area contributed by atoms with Crippen molar-refractivity contribution >= 4 is 21.9 Å². The number of ether oxygens (including phenoxy) is 2. The minimum absolute atomic E-state index is 0.0287. The third-order valence-corrected chi connectivity index (χ3v) is 4.28. The maximum Gasteiger partial charge on any atom is 0.303 e. The van der Waals surface area contributed by atoms with E-state index in [1.165, 1.54) is 0 Å². The molecule has 1 atom stereocenters. The van der Waals surface area contributed by atoms with Crippen molar-refractivity contribution in [3.8, 4) is 11.5 Å². The van der Waals surface area contributed by atoms with E-state index in [1.54, 1.807) is 0 Å². The van der Waals surface area contributed by atoms with E-state index in [2.05, 4.69) is 15.9 Å². The standard InChI is InChI=1S/C14H15BrO4/c15-11-4-3-9(13-14(11)19-6-5-18-13)10(7-12(16)17)8-1-2-8/h3-4,8,10H,1-2,5-7H2,(H,16,17). The number of carboxylic acid groups (broad SMARTS) is 1. The van der Waals surface area contributed by atoms with Gasteiger partial charge in [-0.3, -0.25) is 4.79 Å². The summed E-state index contributed by atoms with van der Waals surface area (Å²) in [6.45, 7) is 1.04. The summed E-state index contributed by atoms with van der Waals surface area (Å²) in [7, 11) is 0. The molecule has 1 unspecified atom stereocenters. The van der Waals surface area contributed by atoms with Crippen molar-refractivity contribution in [2.24, 2.45) is 5.92 Å². The zero-order chi connectivity index (χ0) is 13.4. The van der Waals surface area contributed by atoms with E-state index >= 15 is 0 Å². The number of benzene rings is 1. The molecule has 1 saturated carbocycles. The molecule has 1 aromatic rings. The SMILES string of the molecule is O=C(O)CC(c1ccc(Br)c2c1OCCO2)C1CC1. The molecule has 19 heavy (non-hydrogen) atoms. The predicted molar refractivity (Wildman–Crippen MR) is 72.8 cm³/mol. The molecule has 0 amide bonds. The Morgan fingerprint density at radius 2 is 2.00 bits per heavy atom. The van der Waals surface area contributed by atoms with E-state index in [-0.39, 0.29) is 12.3 Å². The second-order valence-electron chi connectivity index (χ2n) is 5.03. The molecular formula is C14H15BrO4. The van der Waals surface area contributed by atoms with Gasteiger partial charge in [-0.2, -0.15) is 0 Å². The molecule has 0 bridgehead atoms. The number of carbonyl (C=O) groups is 1. The number of halogens is 1. The van der Waals surface area contributed by atoms with Crippen LogP contribution in [-0.4, -0.2) is 24.3 Å². The van der Waals surface area contributed by atoms with Gasteiger partial charge in [0, 0.05) is 11.5 Å². The molecule has 0 radical (unpaired) electrons. The third kappa shape index (κ3) is 2.56. The molecule has 5 heteroatoms. The molecule has 1 aliphatic heterocycles. The Balaban J connectivity index is 2.00. The van der Waals surface area contributed by atoms with Crippen molar-refractivity contribution in [1.82, 2.24) is 0 Å². The maximum absolute atomic E-state index is 11.1. The summed E-state index contributed by atoms with van der Waals surface area (Å²) in [5.41, 5.74) is 0.975. The highest BCUT2D eigenvalue weighted by Crippen LogP contribution is 2.51. The van der Waals surface area contributed by atoms with Gasteiger partial charge in [0.15, 0.2) is 11.5 Å². The molecule has 1 aromatic carbocycles. The first-order valence-corrected chi connectivity index (χ1v) is 7.26. The first-order valence-electron chi connectivity index (χ1n) is 6.46. The van der Waals surface area contributed by atoms with Crippen LogP contribution in [0.4, 0.5) is 0 Å². The number of aliphatic carboxylic acids is 1. The van der Waals surface area contributed by atoms with Gasteiger partial charge in [-0.1, -0.05) is 6.07 Å². The molecule has 2 aliphatic rings. The van der Waals surface area contributed by atoms with Crippen LogP contribution in [0.3, 0.4) is 0 Å². The van der Waals surface area contributed by atoms with Crippen molar-refractivity contribution in [3.63, 3.8) is 0 Å². The smallest absolute Gasteiger partial charge is 0.303 e. The van der Waals surface area contributed by atoms with Gasteiger partial charge in [-0.25, -0.2) is 0 Å². The Bertz CT molecular complexity index is 510. The fraction of sp³-hybridized carbons (Fsp3) is 0.500. The molecule has 4 nitrogen and oxygen atoms in total. The zero-order valence-electron chi connectivity index (χ0n) is 10.4. The van der Waals surface area contributed by atoms with Gasteiger partial charge in [-0.15, -0.1) is 0 Å². The molecule has 102 valence electrons. The summed E-state index contributed by atoms with van der Waals surface area (Å²) in [6, 6.07) is 3.88. The summed E-state index contributed by atoms with van der Waals surface area (Å²) < 4.78 is 12.2. The van der Waals surface area contributed by atoms with Crippen LogP contribution in [0.2, 0.25) is 0 Å². The van der Waals surface area contributed by atoms with Crippen LogP contribution in [0.25, 0.3) is 0 Å². The topological polar surface area (TPSA) is 55.8 Å². The lowest BCUT2D eigenvalue weighted by Crippen LogP contribution is -2.19. The van der Waals surface area contributed by atoms with E-state index in [0.29, 0.717) is 24.9 Å². The third-order valence-electron chi connectivity index (χ3n) is 3.66. The minimum Gasteiger partial charge on any atom is -0.486 e. The normalized spacial score (nSPS) is 19.0.